The molecule has 0 radical (unpaired) electrons. The van der Waals surface area contributed by atoms with Crippen LogP contribution in [0.1, 0.15) is 26.7 Å². The molecule has 1 atom stereocenters. The largest absolute Gasteiger partial charge is 0.329 e. The van der Waals surface area contributed by atoms with Crippen molar-refractivity contribution in [2.75, 3.05) is 19.6 Å². The molecule has 0 aromatic rings. The molecule has 1 fully saturated rings. The third-order valence-corrected chi connectivity index (χ3v) is 2.60. The number of hydrogen-bond acceptors (Lipinski definition) is 2. The first-order valence-corrected chi connectivity index (χ1v) is 4.70. The van der Waals surface area contributed by atoms with E-state index in [1.165, 1.54) is 19.4 Å². The van der Waals surface area contributed by atoms with Crippen LogP contribution in [0.5, 0.6) is 0 Å². The molecule has 1 unspecified atom stereocenters. The topological polar surface area (TPSA) is 29.3 Å². The van der Waals surface area contributed by atoms with E-state index in [0.29, 0.717) is 0 Å². The van der Waals surface area contributed by atoms with Gasteiger partial charge in [0.05, 0.1) is 0 Å². The second-order valence-electron chi connectivity index (χ2n) is 3.78. The van der Waals surface area contributed by atoms with E-state index in [4.69, 9.17) is 5.73 Å². The molecule has 0 aromatic heterocycles. The molecule has 13 heavy (non-hydrogen) atoms. The summed E-state index contributed by atoms with van der Waals surface area (Å²) in [4.78, 5) is 2.53. The van der Waals surface area contributed by atoms with Crippen molar-refractivity contribution >= 4 is 24.8 Å². The Morgan fingerprint density at radius 3 is 2.46 bits per heavy atom. The molecule has 1 aliphatic heterocycles. The minimum absolute atomic E-state index is 0. The van der Waals surface area contributed by atoms with Gasteiger partial charge < -0.3 is 5.73 Å². The van der Waals surface area contributed by atoms with E-state index < -0.39 is 0 Å². The molecule has 0 amide bonds. The molecule has 0 aliphatic carbocycles. The summed E-state index contributed by atoms with van der Waals surface area (Å²) >= 11 is 0. The summed E-state index contributed by atoms with van der Waals surface area (Å²) in [5, 5.41) is 0. The van der Waals surface area contributed by atoms with Crippen LogP contribution in [0.15, 0.2) is 0 Å². The second-order valence-corrected chi connectivity index (χ2v) is 3.78. The molecule has 0 bridgehead atoms. The van der Waals surface area contributed by atoms with Gasteiger partial charge in [0.1, 0.15) is 0 Å². The summed E-state index contributed by atoms with van der Waals surface area (Å²) in [5.74, 6) is 0.795. The van der Waals surface area contributed by atoms with Crippen molar-refractivity contribution in [2.24, 2.45) is 11.7 Å². The van der Waals surface area contributed by atoms with Gasteiger partial charge in [-0.15, -0.1) is 24.8 Å². The summed E-state index contributed by atoms with van der Waals surface area (Å²) in [6, 6.07) is 0.804. The fourth-order valence-corrected chi connectivity index (χ4v) is 2.05. The van der Waals surface area contributed by atoms with Gasteiger partial charge in [0, 0.05) is 19.1 Å². The standard InChI is InChI=1S/C9H20N2.2ClH/c1-8(2)9-4-3-6-11(9)7-5-10;;/h8-9H,3-7,10H2,1-2H3;2*1H. The van der Waals surface area contributed by atoms with E-state index >= 15 is 0 Å². The molecule has 4 heteroatoms. The Balaban J connectivity index is 0. The highest BCUT2D eigenvalue weighted by molar-refractivity contribution is 5.85. The van der Waals surface area contributed by atoms with Gasteiger partial charge in [0.25, 0.3) is 0 Å². The average Bonchev–Trinajstić information content (AvgIpc) is 2.36. The molecule has 2 nitrogen and oxygen atoms in total. The third-order valence-electron chi connectivity index (χ3n) is 2.60. The van der Waals surface area contributed by atoms with Crippen molar-refractivity contribution in [2.45, 2.75) is 32.7 Å². The number of halogens is 2. The highest BCUT2D eigenvalue weighted by atomic mass is 35.5. The van der Waals surface area contributed by atoms with Gasteiger partial charge in [-0.25, -0.2) is 0 Å². The van der Waals surface area contributed by atoms with Crippen molar-refractivity contribution in [1.82, 2.24) is 4.90 Å². The molecule has 1 rings (SSSR count). The van der Waals surface area contributed by atoms with Gasteiger partial charge in [0.15, 0.2) is 0 Å². The molecule has 0 saturated carbocycles. The summed E-state index contributed by atoms with van der Waals surface area (Å²) in [6.45, 7) is 7.77. The Bertz CT molecular complexity index is 120. The Kier molecular flexibility index (Phi) is 9.65. The van der Waals surface area contributed by atoms with Crippen LogP contribution < -0.4 is 5.73 Å². The lowest BCUT2D eigenvalue weighted by atomic mass is 10.0. The number of likely N-dealkylation sites (tertiary alicyclic amines) is 1. The van der Waals surface area contributed by atoms with E-state index in [-0.39, 0.29) is 24.8 Å². The quantitative estimate of drug-likeness (QED) is 0.801. The monoisotopic (exact) mass is 228 g/mol. The van der Waals surface area contributed by atoms with Crippen molar-refractivity contribution in [3.63, 3.8) is 0 Å². The fraction of sp³-hybridized carbons (Fsp3) is 1.00. The Hall–Kier alpha value is 0.500. The van der Waals surface area contributed by atoms with Crippen molar-refractivity contribution in [3.05, 3.63) is 0 Å². The number of nitrogens with zero attached hydrogens (tertiary/aromatic N) is 1. The molecule has 1 aliphatic rings. The lowest BCUT2D eigenvalue weighted by molar-refractivity contribution is 0.212. The SMILES string of the molecule is CC(C)C1CCCN1CCN.Cl.Cl. The molecule has 0 aromatic carbocycles. The van der Waals surface area contributed by atoms with E-state index in [1.807, 2.05) is 0 Å². The molecule has 2 N–H and O–H groups in total. The molecule has 0 spiro atoms. The third kappa shape index (κ3) is 4.50. The first-order chi connectivity index (χ1) is 5.25. The van der Waals surface area contributed by atoms with Gasteiger partial charge in [-0.1, -0.05) is 13.8 Å². The van der Waals surface area contributed by atoms with Gasteiger partial charge in [-0.3, -0.25) is 4.90 Å². The minimum atomic E-state index is 0. The highest BCUT2D eigenvalue weighted by Gasteiger charge is 2.25. The first-order valence-electron chi connectivity index (χ1n) is 4.70. The van der Waals surface area contributed by atoms with Crippen LogP contribution in [0.25, 0.3) is 0 Å². The van der Waals surface area contributed by atoms with E-state index in [2.05, 4.69) is 18.7 Å². The molecular weight excluding hydrogens is 207 g/mol. The van der Waals surface area contributed by atoms with E-state index in [9.17, 15) is 0 Å². The summed E-state index contributed by atoms with van der Waals surface area (Å²) in [5.41, 5.74) is 5.53. The lowest BCUT2D eigenvalue weighted by Gasteiger charge is -2.26. The lowest BCUT2D eigenvalue weighted by Crippen LogP contribution is -2.36. The van der Waals surface area contributed by atoms with E-state index in [0.717, 1.165) is 25.0 Å². The fourth-order valence-electron chi connectivity index (χ4n) is 2.05. The van der Waals surface area contributed by atoms with Gasteiger partial charge >= 0.3 is 0 Å². The summed E-state index contributed by atoms with van der Waals surface area (Å²) in [7, 11) is 0. The zero-order valence-electron chi connectivity index (χ0n) is 8.53. The summed E-state index contributed by atoms with van der Waals surface area (Å²) < 4.78 is 0. The normalized spacial score (nSPS) is 22.6. The Morgan fingerprint density at radius 2 is 2.00 bits per heavy atom. The Morgan fingerprint density at radius 1 is 1.38 bits per heavy atom. The minimum Gasteiger partial charge on any atom is -0.329 e. The first kappa shape index (κ1) is 15.9. The zero-order valence-corrected chi connectivity index (χ0v) is 10.2. The molecule has 1 saturated heterocycles. The van der Waals surface area contributed by atoms with Crippen LogP contribution in [-0.2, 0) is 0 Å². The second kappa shape index (κ2) is 7.86. The predicted molar refractivity (Wildman–Crippen MR) is 63.0 cm³/mol. The van der Waals surface area contributed by atoms with Gasteiger partial charge in [-0.05, 0) is 25.3 Å². The molecule has 1 heterocycles. The summed E-state index contributed by atoms with van der Waals surface area (Å²) in [6.07, 6.45) is 2.74. The zero-order chi connectivity index (χ0) is 8.27. The van der Waals surface area contributed by atoms with Crippen molar-refractivity contribution < 1.29 is 0 Å². The maximum atomic E-state index is 5.53. The van der Waals surface area contributed by atoms with Crippen LogP contribution in [0.4, 0.5) is 0 Å². The smallest absolute Gasteiger partial charge is 0.0119 e. The maximum Gasteiger partial charge on any atom is 0.0119 e. The average molecular weight is 229 g/mol. The van der Waals surface area contributed by atoms with Crippen LogP contribution in [0, 0.1) is 5.92 Å². The van der Waals surface area contributed by atoms with Crippen LogP contribution in [-0.4, -0.2) is 30.6 Å². The van der Waals surface area contributed by atoms with Crippen LogP contribution >= 0.6 is 24.8 Å². The van der Waals surface area contributed by atoms with E-state index in [1.54, 1.807) is 0 Å². The Labute approximate surface area is 94.1 Å². The molecule has 82 valence electrons. The van der Waals surface area contributed by atoms with Crippen molar-refractivity contribution in [3.8, 4) is 0 Å². The maximum absolute atomic E-state index is 5.53. The number of nitrogens with two attached hydrogens (primary N) is 1. The molecular formula is C9H22Cl2N2. The van der Waals surface area contributed by atoms with Crippen molar-refractivity contribution in [1.29, 1.82) is 0 Å². The predicted octanol–water partition coefficient (Wildman–Crippen LogP) is 1.91. The number of rotatable bonds is 3. The number of hydrogen-bond donors (Lipinski definition) is 1. The highest BCUT2D eigenvalue weighted by Crippen LogP contribution is 2.22. The van der Waals surface area contributed by atoms with Crippen LogP contribution in [0.3, 0.4) is 0 Å². The van der Waals surface area contributed by atoms with Gasteiger partial charge in [0.2, 0.25) is 0 Å². The van der Waals surface area contributed by atoms with Crippen LogP contribution in [0.2, 0.25) is 0 Å². The van der Waals surface area contributed by atoms with Gasteiger partial charge in [-0.2, -0.15) is 0 Å².